The van der Waals surface area contributed by atoms with E-state index in [2.05, 4.69) is 18.0 Å². The predicted octanol–water partition coefficient (Wildman–Crippen LogP) is 3.68. The number of benzene rings is 1. The maximum Gasteiger partial charge on any atom is 0.410 e. The molecule has 2 rings (SSSR count). The molecule has 1 aliphatic rings. The molecule has 1 aliphatic heterocycles. The molecule has 0 saturated carbocycles. The maximum absolute atomic E-state index is 12.3. The van der Waals surface area contributed by atoms with Gasteiger partial charge in [0, 0.05) is 32.6 Å². The second-order valence-electron chi connectivity index (χ2n) is 8.26. The molecule has 1 atom stereocenters. The summed E-state index contributed by atoms with van der Waals surface area (Å²) in [7, 11) is 3.77. The fraction of sp³-hybridized carbons (Fsp3) is 0.550. The van der Waals surface area contributed by atoms with Gasteiger partial charge in [0.15, 0.2) is 0 Å². The van der Waals surface area contributed by atoms with Crippen LogP contribution in [0.1, 0.15) is 45.2 Å². The van der Waals surface area contributed by atoms with E-state index >= 15 is 0 Å². The highest BCUT2D eigenvalue weighted by Crippen LogP contribution is 2.36. The second kappa shape index (κ2) is 7.36. The number of carbonyl (C=O) groups is 1. The van der Waals surface area contributed by atoms with Crippen molar-refractivity contribution in [1.29, 1.82) is 5.26 Å². The van der Waals surface area contributed by atoms with Crippen LogP contribution in [-0.2, 0) is 10.2 Å². The molecule has 1 amide bonds. The molecule has 1 fully saturated rings. The Morgan fingerprint density at radius 2 is 2.12 bits per heavy atom. The van der Waals surface area contributed by atoms with Crippen LogP contribution in [0.3, 0.4) is 0 Å². The lowest BCUT2D eigenvalue weighted by atomic mass is 9.81. The van der Waals surface area contributed by atoms with Gasteiger partial charge < -0.3 is 14.5 Å². The molecule has 1 heterocycles. The molecule has 1 saturated heterocycles. The number of nitriles is 1. The van der Waals surface area contributed by atoms with Crippen LogP contribution in [0, 0.1) is 11.3 Å². The summed E-state index contributed by atoms with van der Waals surface area (Å²) >= 11 is 0. The third-order valence-electron chi connectivity index (χ3n) is 4.37. The fourth-order valence-corrected chi connectivity index (χ4v) is 2.97. The zero-order valence-corrected chi connectivity index (χ0v) is 16.5. The van der Waals surface area contributed by atoms with Gasteiger partial charge in [-0.1, -0.05) is 13.0 Å². The highest BCUT2D eigenvalue weighted by molar-refractivity contribution is 5.69. The van der Waals surface area contributed by atoms with Crippen molar-refractivity contribution in [3.63, 3.8) is 0 Å². The Morgan fingerprint density at radius 1 is 1.42 bits per heavy atom. The first kappa shape index (κ1) is 19.8. The van der Waals surface area contributed by atoms with Crippen LogP contribution in [0.5, 0.6) is 0 Å². The number of rotatable bonds is 3. The molecule has 6 heteroatoms. The van der Waals surface area contributed by atoms with E-state index in [4.69, 9.17) is 4.74 Å². The van der Waals surface area contributed by atoms with Crippen molar-refractivity contribution in [2.45, 2.75) is 45.1 Å². The van der Waals surface area contributed by atoms with E-state index < -0.39 is 5.60 Å². The summed E-state index contributed by atoms with van der Waals surface area (Å²) in [6.45, 7) is 8.95. The lowest BCUT2D eigenvalue weighted by Gasteiger charge is -2.27. The van der Waals surface area contributed by atoms with E-state index in [1.165, 1.54) is 0 Å². The molecule has 0 aromatic heterocycles. The Hall–Kier alpha value is -2.55. The van der Waals surface area contributed by atoms with Crippen LogP contribution in [0.25, 0.3) is 0 Å². The van der Waals surface area contributed by atoms with E-state index in [1.807, 2.05) is 58.0 Å². The fourth-order valence-electron chi connectivity index (χ4n) is 2.97. The number of nitrogens with zero attached hydrogens (tertiary/aromatic N) is 4. The normalized spacial score (nSPS) is 20.3. The van der Waals surface area contributed by atoms with Gasteiger partial charge in [0.05, 0.1) is 17.6 Å². The average Bonchev–Trinajstić information content (AvgIpc) is 2.95. The molecule has 1 aromatic carbocycles. The molecule has 6 nitrogen and oxygen atoms in total. The molecule has 0 aliphatic carbocycles. The Bertz CT molecular complexity index is 743. The van der Waals surface area contributed by atoms with E-state index in [-0.39, 0.29) is 11.5 Å². The topological polar surface area (TPSA) is 68.9 Å². The van der Waals surface area contributed by atoms with Crippen molar-refractivity contribution in [1.82, 2.24) is 9.80 Å². The summed E-state index contributed by atoms with van der Waals surface area (Å²) in [5.74, 6) is 0. The SMILES string of the molecule is CN(C)C=Nc1ccc(C2(C)CCN(C(=O)OC(C)(C)C)C2)cc1C#N. The van der Waals surface area contributed by atoms with Gasteiger partial charge in [-0.3, -0.25) is 0 Å². The molecule has 140 valence electrons. The zero-order chi connectivity index (χ0) is 19.5. The molecule has 0 radical (unpaired) electrons. The highest BCUT2D eigenvalue weighted by atomic mass is 16.6. The zero-order valence-electron chi connectivity index (χ0n) is 16.5. The molecule has 1 aromatic rings. The number of ether oxygens (including phenoxy) is 1. The van der Waals surface area contributed by atoms with Gasteiger partial charge in [0.25, 0.3) is 0 Å². The number of hydrogen-bond donors (Lipinski definition) is 0. The Labute approximate surface area is 156 Å². The van der Waals surface area contributed by atoms with Crippen LogP contribution in [0.15, 0.2) is 23.2 Å². The summed E-state index contributed by atoms with van der Waals surface area (Å²) in [5.41, 5.74) is 1.53. The third-order valence-corrected chi connectivity index (χ3v) is 4.37. The van der Waals surface area contributed by atoms with Gasteiger partial charge in [-0.25, -0.2) is 9.79 Å². The predicted molar refractivity (Wildman–Crippen MR) is 103 cm³/mol. The Morgan fingerprint density at radius 3 is 2.69 bits per heavy atom. The van der Waals surface area contributed by atoms with Crippen molar-refractivity contribution in [2.24, 2.45) is 4.99 Å². The largest absolute Gasteiger partial charge is 0.444 e. The minimum Gasteiger partial charge on any atom is -0.444 e. The molecule has 0 spiro atoms. The van der Waals surface area contributed by atoms with Crippen LogP contribution in [0.2, 0.25) is 0 Å². The van der Waals surface area contributed by atoms with Gasteiger partial charge in [-0.15, -0.1) is 0 Å². The quantitative estimate of drug-likeness (QED) is 0.612. The number of aliphatic imine (C=N–C) groups is 1. The summed E-state index contributed by atoms with van der Waals surface area (Å²) < 4.78 is 5.48. The van der Waals surface area contributed by atoms with Crippen molar-refractivity contribution >= 4 is 18.1 Å². The molecule has 26 heavy (non-hydrogen) atoms. The van der Waals surface area contributed by atoms with Crippen LogP contribution in [-0.4, -0.2) is 55.0 Å². The average molecular weight is 356 g/mol. The van der Waals surface area contributed by atoms with Gasteiger partial charge in [0.1, 0.15) is 11.7 Å². The second-order valence-corrected chi connectivity index (χ2v) is 8.26. The van der Waals surface area contributed by atoms with E-state index in [1.54, 1.807) is 11.2 Å². The van der Waals surface area contributed by atoms with Gasteiger partial charge in [-0.2, -0.15) is 5.26 Å². The van der Waals surface area contributed by atoms with E-state index in [9.17, 15) is 10.1 Å². The number of carbonyl (C=O) groups excluding carboxylic acids is 1. The standard InChI is InChI=1S/C20H28N4O2/c1-19(2,3)26-18(25)24-10-9-20(4,13-24)16-7-8-17(15(11-16)12-21)22-14-23(5)6/h7-8,11,14H,9-10,13H2,1-6H3. The lowest BCUT2D eigenvalue weighted by molar-refractivity contribution is 0.0285. The first-order valence-corrected chi connectivity index (χ1v) is 8.77. The summed E-state index contributed by atoms with van der Waals surface area (Å²) in [5, 5.41) is 9.48. The van der Waals surface area contributed by atoms with Crippen molar-refractivity contribution in [2.75, 3.05) is 27.2 Å². The van der Waals surface area contributed by atoms with Crippen molar-refractivity contribution in [3.8, 4) is 6.07 Å². The molecular formula is C20H28N4O2. The lowest BCUT2D eigenvalue weighted by Crippen LogP contribution is -2.37. The number of likely N-dealkylation sites (tertiary alicyclic amines) is 1. The molecule has 0 N–H and O–H groups in total. The van der Waals surface area contributed by atoms with E-state index in [0.717, 1.165) is 12.0 Å². The number of hydrogen-bond acceptors (Lipinski definition) is 4. The minimum absolute atomic E-state index is 0.202. The van der Waals surface area contributed by atoms with Crippen LogP contribution < -0.4 is 0 Å². The third kappa shape index (κ3) is 4.75. The monoisotopic (exact) mass is 356 g/mol. The number of amides is 1. The van der Waals surface area contributed by atoms with Gasteiger partial charge in [0.2, 0.25) is 0 Å². The van der Waals surface area contributed by atoms with E-state index in [0.29, 0.717) is 24.3 Å². The summed E-state index contributed by atoms with van der Waals surface area (Å²) in [6.07, 6.45) is 2.23. The van der Waals surface area contributed by atoms with Crippen LogP contribution in [0.4, 0.5) is 10.5 Å². The first-order chi connectivity index (χ1) is 12.0. The van der Waals surface area contributed by atoms with Gasteiger partial charge >= 0.3 is 6.09 Å². The van der Waals surface area contributed by atoms with Gasteiger partial charge in [-0.05, 0) is 44.9 Å². The van der Waals surface area contributed by atoms with Crippen LogP contribution >= 0.6 is 0 Å². The van der Waals surface area contributed by atoms with Crippen molar-refractivity contribution in [3.05, 3.63) is 29.3 Å². The first-order valence-electron chi connectivity index (χ1n) is 8.77. The molecular weight excluding hydrogens is 328 g/mol. The minimum atomic E-state index is -0.504. The summed E-state index contributed by atoms with van der Waals surface area (Å²) in [4.78, 5) is 20.2. The molecule has 0 bridgehead atoms. The maximum atomic E-state index is 12.3. The Balaban J connectivity index is 2.21. The smallest absolute Gasteiger partial charge is 0.410 e. The summed E-state index contributed by atoms with van der Waals surface area (Å²) in [6, 6.07) is 7.99. The highest BCUT2D eigenvalue weighted by Gasteiger charge is 2.39. The molecule has 1 unspecified atom stereocenters. The van der Waals surface area contributed by atoms with Crippen molar-refractivity contribution < 1.29 is 9.53 Å². The Kier molecular flexibility index (Phi) is 5.60.